The number of rotatable bonds is 9. The second kappa shape index (κ2) is 10.7. The van der Waals surface area contributed by atoms with E-state index in [0.29, 0.717) is 48.5 Å². The van der Waals surface area contributed by atoms with Crippen molar-refractivity contribution in [3.05, 3.63) is 41.6 Å². The van der Waals surface area contributed by atoms with E-state index >= 15 is 0 Å². The van der Waals surface area contributed by atoms with Gasteiger partial charge in [-0.2, -0.15) is 4.98 Å². The molecule has 36 heavy (non-hydrogen) atoms. The van der Waals surface area contributed by atoms with Crippen molar-refractivity contribution in [1.82, 2.24) is 14.3 Å². The summed E-state index contributed by atoms with van der Waals surface area (Å²) in [5.74, 6) is 1.85. The van der Waals surface area contributed by atoms with Crippen LogP contribution in [0.5, 0.6) is 0 Å². The van der Waals surface area contributed by atoms with Gasteiger partial charge in [0.2, 0.25) is 16.0 Å². The molecule has 2 aliphatic rings. The van der Waals surface area contributed by atoms with E-state index in [1.807, 2.05) is 32.0 Å². The van der Waals surface area contributed by atoms with Gasteiger partial charge in [0.1, 0.15) is 10.7 Å². The highest BCUT2D eigenvalue weighted by molar-refractivity contribution is 7.88. The van der Waals surface area contributed by atoms with Gasteiger partial charge in [0.05, 0.1) is 35.4 Å². The highest BCUT2D eigenvalue weighted by Crippen LogP contribution is 2.38. The molecular formula is C25H37N5O4S2. The molecule has 1 unspecified atom stereocenters. The zero-order chi connectivity index (χ0) is 26.1. The van der Waals surface area contributed by atoms with Crippen molar-refractivity contribution in [2.75, 3.05) is 55.5 Å². The van der Waals surface area contributed by atoms with E-state index in [4.69, 9.17) is 9.97 Å². The van der Waals surface area contributed by atoms with E-state index < -0.39 is 20.8 Å². The van der Waals surface area contributed by atoms with E-state index in [9.17, 15) is 17.7 Å². The fourth-order valence-corrected chi connectivity index (χ4v) is 6.83. The largest absolute Gasteiger partial charge is 0.394 e. The van der Waals surface area contributed by atoms with Gasteiger partial charge in [0, 0.05) is 44.3 Å². The van der Waals surface area contributed by atoms with Crippen molar-refractivity contribution in [3.8, 4) is 0 Å². The number of aryl methyl sites for hydroxylation is 1. The zero-order valence-electron chi connectivity index (χ0n) is 21.5. The van der Waals surface area contributed by atoms with Gasteiger partial charge in [0.15, 0.2) is 0 Å². The summed E-state index contributed by atoms with van der Waals surface area (Å²) in [6.07, 6.45) is 3.38. The topological polar surface area (TPSA) is 116 Å². The normalized spacial score (nSPS) is 20.5. The molecule has 0 saturated carbocycles. The minimum absolute atomic E-state index is 0.0461. The second-order valence-corrected chi connectivity index (χ2v) is 13.9. The first-order valence-electron chi connectivity index (χ1n) is 12.4. The van der Waals surface area contributed by atoms with Crippen molar-refractivity contribution >= 4 is 32.6 Å². The van der Waals surface area contributed by atoms with Gasteiger partial charge in [-0.05, 0) is 24.3 Å². The third-order valence-electron chi connectivity index (χ3n) is 7.48. The third-order valence-corrected chi connectivity index (χ3v) is 10.2. The quantitative estimate of drug-likeness (QED) is 0.501. The number of nitrogens with zero attached hydrogens (tertiary/aromatic N) is 4. The Kier molecular flexibility index (Phi) is 8.04. The monoisotopic (exact) mass is 535 g/mol. The predicted molar refractivity (Wildman–Crippen MR) is 143 cm³/mol. The van der Waals surface area contributed by atoms with Gasteiger partial charge in [-0.1, -0.05) is 44.2 Å². The van der Waals surface area contributed by atoms with Gasteiger partial charge in [0.25, 0.3) is 0 Å². The number of sulfonamides is 1. The molecule has 0 spiro atoms. The summed E-state index contributed by atoms with van der Waals surface area (Å²) in [5.41, 5.74) is 1.63. The summed E-state index contributed by atoms with van der Waals surface area (Å²) in [5, 5.41) is 13.2. The predicted octanol–water partition coefficient (Wildman–Crippen LogP) is 2.00. The molecule has 4 rings (SSSR count). The summed E-state index contributed by atoms with van der Waals surface area (Å²) in [4.78, 5) is 12.4. The fraction of sp³-hybridized carbons (Fsp3) is 0.600. The molecule has 0 bridgehead atoms. The van der Waals surface area contributed by atoms with Gasteiger partial charge >= 0.3 is 0 Å². The van der Waals surface area contributed by atoms with Crippen LogP contribution in [0.2, 0.25) is 0 Å². The Morgan fingerprint density at radius 3 is 2.44 bits per heavy atom. The molecule has 11 heteroatoms. The Morgan fingerprint density at radius 1 is 1.19 bits per heavy atom. The number of benzene rings is 1. The Bertz CT molecular complexity index is 1200. The van der Waals surface area contributed by atoms with Crippen LogP contribution in [0.25, 0.3) is 0 Å². The van der Waals surface area contributed by atoms with E-state index in [1.165, 1.54) is 10.6 Å². The summed E-state index contributed by atoms with van der Waals surface area (Å²) >= 11 is 0. The van der Waals surface area contributed by atoms with Gasteiger partial charge in [-0.25, -0.2) is 17.7 Å². The van der Waals surface area contributed by atoms with Crippen LogP contribution in [0.3, 0.4) is 0 Å². The molecule has 2 aliphatic heterocycles. The molecule has 1 fully saturated rings. The summed E-state index contributed by atoms with van der Waals surface area (Å²) in [6, 6.07) is 9.93. The molecule has 0 aliphatic carbocycles. The molecule has 0 radical (unpaired) electrons. The SMILES string of the molecule is CC(C)[C@H](CO)Nc1nc(N2CCC(CN(C)S(C)(=O)=O)(c3ccccc3)CC2)nc2c1S(=O)CC2. The number of aromatic nitrogens is 2. The first-order chi connectivity index (χ1) is 17.0. The Labute approximate surface area is 216 Å². The van der Waals surface area contributed by atoms with Crippen molar-refractivity contribution < 1.29 is 17.7 Å². The molecular weight excluding hydrogens is 498 g/mol. The van der Waals surface area contributed by atoms with Crippen LogP contribution in [0.15, 0.2) is 35.2 Å². The van der Waals surface area contributed by atoms with Gasteiger partial charge in [-0.15, -0.1) is 0 Å². The van der Waals surface area contributed by atoms with Gasteiger partial charge in [-0.3, -0.25) is 4.21 Å². The number of aliphatic hydroxyl groups is 1. The first kappa shape index (κ1) is 27.0. The number of hydrogen-bond donors (Lipinski definition) is 2. The van der Waals surface area contributed by atoms with E-state index in [-0.39, 0.29) is 24.0 Å². The molecule has 3 heterocycles. The molecule has 198 valence electrons. The standard InChI is InChI=1S/C25H37N5O4S2/c1-18(2)21(16-31)26-23-22-20(10-15-35(22)32)27-24(28-23)30-13-11-25(12-14-30,17-29(3)36(4,33)34)19-8-6-5-7-9-19/h5-9,18,21,31H,10-17H2,1-4H3,(H,26,27,28)/t21-,35?/m0/s1. The van der Waals surface area contributed by atoms with Crippen LogP contribution in [-0.4, -0.2) is 83.3 Å². The maximum atomic E-state index is 12.7. The van der Waals surface area contributed by atoms with Crippen molar-refractivity contribution in [2.24, 2.45) is 5.92 Å². The van der Waals surface area contributed by atoms with Crippen LogP contribution in [0, 0.1) is 5.92 Å². The molecule has 2 aromatic rings. The molecule has 1 aromatic carbocycles. The minimum atomic E-state index is -3.32. The highest BCUT2D eigenvalue weighted by Gasteiger charge is 2.40. The Morgan fingerprint density at radius 2 is 1.86 bits per heavy atom. The Hall–Kier alpha value is -2.08. The van der Waals surface area contributed by atoms with E-state index in [2.05, 4.69) is 22.3 Å². The minimum Gasteiger partial charge on any atom is -0.394 e. The summed E-state index contributed by atoms with van der Waals surface area (Å²) in [6.45, 7) is 5.74. The van der Waals surface area contributed by atoms with E-state index in [0.717, 1.165) is 24.1 Å². The average molecular weight is 536 g/mol. The van der Waals surface area contributed by atoms with Crippen molar-refractivity contribution in [1.29, 1.82) is 0 Å². The molecule has 2 N–H and O–H groups in total. The molecule has 1 aromatic heterocycles. The summed E-state index contributed by atoms with van der Waals surface area (Å²) in [7, 11) is -2.83. The average Bonchev–Trinajstić information content (AvgIpc) is 3.23. The number of fused-ring (bicyclic) bond motifs is 1. The maximum Gasteiger partial charge on any atom is 0.227 e. The number of hydrogen-bond acceptors (Lipinski definition) is 8. The number of piperidine rings is 1. The van der Waals surface area contributed by atoms with E-state index in [1.54, 1.807) is 7.05 Å². The maximum absolute atomic E-state index is 12.7. The number of anilines is 2. The van der Waals surface area contributed by atoms with Crippen LogP contribution >= 0.6 is 0 Å². The van der Waals surface area contributed by atoms with Crippen molar-refractivity contribution in [3.63, 3.8) is 0 Å². The molecule has 2 atom stereocenters. The molecule has 9 nitrogen and oxygen atoms in total. The van der Waals surface area contributed by atoms with Crippen LogP contribution in [-0.2, 0) is 32.7 Å². The molecule has 0 amide bonds. The highest BCUT2D eigenvalue weighted by atomic mass is 32.2. The van der Waals surface area contributed by atoms with Crippen LogP contribution in [0.4, 0.5) is 11.8 Å². The lowest BCUT2D eigenvalue weighted by atomic mass is 9.72. The number of aliphatic hydroxyl groups excluding tert-OH is 1. The second-order valence-electron chi connectivity index (χ2n) is 10.3. The lowest BCUT2D eigenvalue weighted by Gasteiger charge is -2.44. The van der Waals surface area contributed by atoms with Gasteiger partial charge < -0.3 is 15.3 Å². The lowest BCUT2D eigenvalue weighted by Crippen LogP contribution is -2.49. The zero-order valence-corrected chi connectivity index (χ0v) is 23.1. The fourth-order valence-electron chi connectivity index (χ4n) is 5.03. The Balaban J connectivity index is 1.62. The smallest absolute Gasteiger partial charge is 0.227 e. The third kappa shape index (κ3) is 5.58. The van der Waals surface area contributed by atoms with Crippen LogP contribution < -0.4 is 10.2 Å². The lowest BCUT2D eigenvalue weighted by molar-refractivity contribution is 0.248. The van der Waals surface area contributed by atoms with Crippen LogP contribution in [0.1, 0.15) is 37.9 Å². The van der Waals surface area contributed by atoms with Crippen molar-refractivity contribution in [2.45, 2.75) is 49.5 Å². The number of likely N-dealkylation sites (N-methyl/N-ethyl adjacent to an activating group) is 1. The molecule has 1 saturated heterocycles. The summed E-state index contributed by atoms with van der Waals surface area (Å²) < 4.78 is 38.6. The number of nitrogens with one attached hydrogen (secondary N) is 1. The first-order valence-corrected chi connectivity index (χ1v) is 15.6.